The lowest BCUT2D eigenvalue weighted by atomic mass is 10.1. The molecule has 0 radical (unpaired) electrons. The van der Waals surface area contributed by atoms with Gasteiger partial charge in [0, 0.05) is 19.2 Å². The van der Waals surface area contributed by atoms with E-state index in [1.54, 1.807) is 11.9 Å². The van der Waals surface area contributed by atoms with E-state index in [0.717, 1.165) is 11.1 Å². The standard InChI is InChI=1S/C14H18N2O/c1-10-5-11(2)7-13(6-10)14(17)16(4)9-12(3)8-15/h5-7,12H,9H2,1-4H3. The van der Waals surface area contributed by atoms with Gasteiger partial charge in [0.2, 0.25) is 0 Å². The molecule has 1 rings (SSSR count). The van der Waals surface area contributed by atoms with E-state index in [1.807, 2.05) is 39.0 Å². The van der Waals surface area contributed by atoms with E-state index in [0.29, 0.717) is 12.1 Å². The SMILES string of the molecule is Cc1cc(C)cc(C(=O)N(C)CC(C)C#N)c1. The topological polar surface area (TPSA) is 44.1 Å². The van der Waals surface area contributed by atoms with Crippen LogP contribution < -0.4 is 0 Å². The largest absolute Gasteiger partial charge is 0.340 e. The predicted octanol–water partition coefficient (Wildman–Crippen LogP) is 2.54. The monoisotopic (exact) mass is 230 g/mol. The number of nitriles is 1. The molecule has 3 heteroatoms. The van der Waals surface area contributed by atoms with E-state index in [9.17, 15) is 4.79 Å². The molecule has 0 aromatic heterocycles. The first-order valence-corrected chi connectivity index (χ1v) is 5.67. The third-order valence-electron chi connectivity index (χ3n) is 2.58. The van der Waals surface area contributed by atoms with E-state index in [-0.39, 0.29) is 11.8 Å². The van der Waals surface area contributed by atoms with Gasteiger partial charge in [0.15, 0.2) is 0 Å². The molecule has 0 saturated heterocycles. The summed E-state index contributed by atoms with van der Waals surface area (Å²) in [6, 6.07) is 7.92. The molecule has 90 valence electrons. The summed E-state index contributed by atoms with van der Waals surface area (Å²) in [5, 5.41) is 8.74. The molecule has 0 aliphatic rings. The molecular formula is C14H18N2O. The Balaban J connectivity index is 2.86. The van der Waals surface area contributed by atoms with Crippen LogP contribution in [-0.4, -0.2) is 24.4 Å². The molecule has 1 amide bonds. The van der Waals surface area contributed by atoms with Gasteiger partial charge in [-0.25, -0.2) is 0 Å². The average Bonchev–Trinajstić information content (AvgIpc) is 2.26. The summed E-state index contributed by atoms with van der Waals surface area (Å²) < 4.78 is 0. The van der Waals surface area contributed by atoms with Gasteiger partial charge in [0.25, 0.3) is 5.91 Å². The molecule has 0 bridgehead atoms. The quantitative estimate of drug-likeness (QED) is 0.801. The highest BCUT2D eigenvalue weighted by atomic mass is 16.2. The van der Waals surface area contributed by atoms with Crippen LogP contribution in [0.15, 0.2) is 18.2 Å². The Hall–Kier alpha value is -1.82. The van der Waals surface area contributed by atoms with Gasteiger partial charge in [-0.3, -0.25) is 4.79 Å². The summed E-state index contributed by atoms with van der Waals surface area (Å²) in [6.45, 7) is 6.22. The molecule has 0 spiro atoms. The minimum Gasteiger partial charge on any atom is -0.340 e. The molecule has 1 aromatic rings. The first-order valence-electron chi connectivity index (χ1n) is 5.67. The van der Waals surface area contributed by atoms with Crippen LogP contribution in [0.2, 0.25) is 0 Å². The molecule has 0 N–H and O–H groups in total. The zero-order chi connectivity index (χ0) is 13.0. The third-order valence-corrected chi connectivity index (χ3v) is 2.58. The molecule has 0 fully saturated rings. The van der Waals surface area contributed by atoms with Crippen LogP contribution in [0.4, 0.5) is 0 Å². The van der Waals surface area contributed by atoms with Crippen molar-refractivity contribution in [2.75, 3.05) is 13.6 Å². The van der Waals surface area contributed by atoms with E-state index in [1.165, 1.54) is 0 Å². The molecule has 0 heterocycles. The summed E-state index contributed by atoms with van der Waals surface area (Å²) >= 11 is 0. The first-order chi connectivity index (χ1) is 7.93. The number of amides is 1. The number of rotatable bonds is 3. The van der Waals surface area contributed by atoms with E-state index >= 15 is 0 Å². The number of carbonyl (C=O) groups excluding carboxylic acids is 1. The predicted molar refractivity (Wildman–Crippen MR) is 67.7 cm³/mol. The average molecular weight is 230 g/mol. The van der Waals surface area contributed by atoms with E-state index in [4.69, 9.17) is 5.26 Å². The highest BCUT2D eigenvalue weighted by molar-refractivity contribution is 5.94. The van der Waals surface area contributed by atoms with Crippen molar-refractivity contribution < 1.29 is 4.79 Å². The van der Waals surface area contributed by atoms with Crippen LogP contribution in [0.5, 0.6) is 0 Å². The molecule has 1 unspecified atom stereocenters. The van der Waals surface area contributed by atoms with Crippen molar-refractivity contribution in [1.29, 1.82) is 5.26 Å². The lowest BCUT2D eigenvalue weighted by Crippen LogP contribution is -2.30. The van der Waals surface area contributed by atoms with Gasteiger partial charge in [-0.1, -0.05) is 17.2 Å². The van der Waals surface area contributed by atoms with Crippen LogP contribution >= 0.6 is 0 Å². The normalized spacial score (nSPS) is 11.7. The maximum Gasteiger partial charge on any atom is 0.253 e. The number of hydrogen-bond donors (Lipinski definition) is 0. The van der Waals surface area contributed by atoms with Crippen LogP contribution in [0, 0.1) is 31.1 Å². The van der Waals surface area contributed by atoms with Crippen molar-refractivity contribution in [2.45, 2.75) is 20.8 Å². The molecule has 0 saturated carbocycles. The van der Waals surface area contributed by atoms with Crippen molar-refractivity contribution in [2.24, 2.45) is 5.92 Å². The van der Waals surface area contributed by atoms with Gasteiger partial charge >= 0.3 is 0 Å². The molecule has 0 aliphatic heterocycles. The first kappa shape index (κ1) is 13.2. The second kappa shape index (κ2) is 5.49. The maximum absolute atomic E-state index is 12.1. The van der Waals surface area contributed by atoms with E-state index < -0.39 is 0 Å². The lowest BCUT2D eigenvalue weighted by molar-refractivity contribution is 0.0785. The third kappa shape index (κ3) is 3.60. The Morgan fingerprint density at radius 2 is 1.88 bits per heavy atom. The fourth-order valence-corrected chi connectivity index (χ4v) is 1.85. The summed E-state index contributed by atoms with van der Waals surface area (Å²) in [5.41, 5.74) is 2.85. The smallest absolute Gasteiger partial charge is 0.253 e. The van der Waals surface area contributed by atoms with Crippen LogP contribution in [-0.2, 0) is 0 Å². The van der Waals surface area contributed by atoms with Gasteiger partial charge in [-0.2, -0.15) is 5.26 Å². The fraction of sp³-hybridized carbons (Fsp3) is 0.429. The Bertz CT molecular complexity index is 440. The van der Waals surface area contributed by atoms with Crippen molar-refractivity contribution in [3.05, 3.63) is 34.9 Å². The number of hydrogen-bond acceptors (Lipinski definition) is 2. The van der Waals surface area contributed by atoms with Crippen molar-refractivity contribution in [1.82, 2.24) is 4.90 Å². The summed E-state index contributed by atoms with van der Waals surface area (Å²) in [7, 11) is 1.73. The molecular weight excluding hydrogens is 212 g/mol. The van der Waals surface area contributed by atoms with E-state index in [2.05, 4.69) is 6.07 Å². The fourth-order valence-electron chi connectivity index (χ4n) is 1.85. The Kier molecular flexibility index (Phi) is 4.28. The zero-order valence-corrected chi connectivity index (χ0v) is 10.8. The Labute approximate surface area is 103 Å². The molecule has 1 atom stereocenters. The second-order valence-electron chi connectivity index (χ2n) is 4.59. The number of benzene rings is 1. The zero-order valence-electron chi connectivity index (χ0n) is 10.8. The minimum absolute atomic E-state index is 0.0288. The van der Waals surface area contributed by atoms with Crippen molar-refractivity contribution in [3.8, 4) is 6.07 Å². The van der Waals surface area contributed by atoms with Crippen LogP contribution in [0.3, 0.4) is 0 Å². The molecule has 1 aromatic carbocycles. The van der Waals surface area contributed by atoms with Crippen LogP contribution in [0.25, 0.3) is 0 Å². The van der Waals surface area contributed by atoms with Gasteiger partial charge in [0.05, 0.1) is 12.0 Å². The van der Waals surface area contributed by atoms with Gasteiger partial charge < -0.3 is 4.90 Å². The van der Waals surface area contributed by atoms with Crippen LogP contribution in [0.1, 0.15) is 28.4 Å². The summed E-state index contributed by atoms with van der Waals surface area (Å²) in [6.07, 6.45) is 0. The molecule has 3 nitrogen and oxygen atoms in total. The molecule has 0 aliphatic carbocycles. The number of aryl methyl sites for hydroxylation is 2. The lowest BCUT2D eigenvalue weighted by Gasteiger charge is -2.18. The minimum atomic E-state index is -0.144. The Morgan fingerprint density at radius 1 is 1.35 bits per heavy atom. The van der Waals surface area contributed by atoms with Gasteiger partial charge in [-0.05, 0) is 32.9 Å². The number of nitrogens with zero attached hydrogens (tertiary/aromatic N) is 2. The number of carbonyl (C=O) groups is 1. The van der Waals surface area contributed by atoms with Gasteiger partial charge in [0.1, 0.15) is 0 Å². The molecule has 17 heavy (non-hydrogen) atoms. The Morgan fingerprint density at radius 3 is 2.35 bits per heavy atom. The summed E-state index contributed by atoms with van der Waals surface area (Å²) in [5.74, 6) is -0.172. The maximum atomic E-state index is 12.1. The second-order valence-corrected chi connectivity index (χ2v) is 4.59. The summed E-state index contributed by atoms with van der Waals surface area (Å²) in [4.78, 5) is 13.7. The highest BCUT2D eigenvalue weighted by Gasteiger charge is 2.14. The highest BCUT2D eigenvalue weighted by Crippen LogP contribution is 2.11. The van der Waals surface area contributed by atoms with Crippen molar-refractivity contribution in [3.63, 3.8) is 0 Å². The van der Waals surface area contributed by atoms with Crippen molar-refractivity contribution >= 4 is 5.91 Å². The van der Waals surface area contributed by atoms with Gasteiger partial charge in [-0.15, -0.1) is 0 Å².